The summed E-state index contributed by atoms with van der Waals surface area (Å²) < 4.78 is 46.4. The number of hydrogen-bond donors (Lipinski definition) is 5. The minimum absolute atomic E-state index is 0.125. The number of nitrogens with zero attached hydrogens (tertiary/aromatic N) is 6. The van der Waals surface area contributed by atoms with Crippen LogP contribution in [0.15, 0.2) is 54.9 Å². The van der Waals surface area contributed by atoms with Gasteiger partial charge < -0.3 is 40.2 Å². The lowest BCUT2D eigenvalue weighted by Gasteiger charge is -2.38. The predicted molar refractivity (Wildman–Crippen MR) is 195 cm³/mol. The van der Waals surface area contributed by atoms with Gasteiger partial charge in [-0.25, -0.2) is 18.3 Å². The highest BCUT2D eigenvalue weighted by molar-refractivity contribution is 6.31. The summed E-state index contributed by atoms with van der Waals surface area (Å²) in [6.45, 7) is 5.98. The van der Waals surface area contributed by atoms with Gasteiger partial charge in [0, 0.05) is 36.0 Å². The maximum absolute atomic E-state index is 14.9. The number of alkyl halides is 1. The number of carbonyl (C=O) groups excluding carboxylic acids is 2. The molecule has 5 N–H and O–H groups in total. The van der Waals surface area contributed by atoms with E-state index in [-0.39, 0.29) is 47.4 Å². The summed E-state index contributed by atoms with van der Waals surface area (Å²) in [7, 11) is 0. The van der Waals surface area contributed by atoms with Crippen LogP contribution in [0.2, 0.25) is 5.02 Å². The number of aliphatic hydroxyl groups excluding tert-OH is 3. The highest BCUT2D eigenvalue weighted by Crippen LogP contribution is 2.37. The van der Waals surface area contributed by atoms with E-state index in [4.69, 9.17) is 25.8 Å². The molecule has 5 unspecified atom stereocenters. The van der Waals surface area contributed by atoms with E-state index in [0.717, 1.165) is 4.68 Å². The second-order valence-electron chi connectivity index (χ2n) is 13.3. The molecular weight excluding hydrogens is 746 g/mol. The second kappa shape index (κ2) is 17.3. The third-order valence-electron chi connectivity index (χ3n) is 8.08. The molecule has 1 fully saturated rings. The quantitative estimate of drug-likeness (QED) is 0.125. The number of benzene rings is 2. The Bertz CT molecular complexity index is 2100. The summed E-state index contributed by atoms with van der Waals surface area (Å²) in [4.78, 5) is 32.1. The SMILES string of the molecule is CCOc1cc2ncc(C#N)c(Nc3ccc(F)c(Cl)c3)c2cc1NC(=O)/C=C/CN(Cc1cn(C2OC(CO)C(O)C(O)C2F)nn1)C(=O)OC(C)(C)C. The minimum Gasteiger partial charge on any atom is -0.492 e. The van der Waals surface area contributed by atoms with E-state index in [1.807, 2.05) is 0 Å². The number of nitrogens with one attached hydrogen (secondary N) is 2. The first-order valence-electron chi connectivity index (χ1n) is 17.0. The highest BCUT2D eigenvalue weighted by atomic mass is 35.5. The van der Waals surface area contributed by atoms with Crippen LogP contribution >= 0.6 is 11.6 Å². The van der Waals surface area contributed by atoms with Crippen LogP contribution in [0.1, 0.15) is 45.2 Å². The molecule has 2 aromatic carbocycles. The van der Waals surface area contributed by atoms with Gasteiger partial charge in [0.25, 0.3) is 0 Å². The molecule has 0 radical (unpaired) electrons. The standard InChI is InChI=1S/C36H39ClF2N8O8/c1-5-53-27-13-25-22(31(19(14-40)15-41-25)42-20-8-9-24(38)23(37)11-20)12-26(27)43-29(49)7-6-10-46(35(52)55-36(2,3)4)16-21-17-47(45-44-21)34-30(39)33(51)32(50)28(18-48)54-34/h6-9,11-13,15,17,28,30,32-34,48,50-51H,5,10,16,18H2,1-4H3,(H,41,42)(H,43,49)/b7-6+. The van der Waals surface area contributed by atoms with Crippen molar-refractivity contribution in [2.75, 3.05) is 30.4 Å². The first kappa shape index (κ1) is 40.7. The van der Waals surface area contributed by atoms with Crippen LogP contribution in [0, 0.1) is 17.1 Å². The van der Waals surface area contributed by atoms with E-state index in [9.17, 15) is 39.0 Å². The molecule has 19 heteroatoms. The Balaban J connectivity index is 1.36. The normalized spacial score (nSPS) is 19.9. The number of anilines is 3. The Labute approximate surface area is 318 Å². The molecule has 1 aliphatic rings. The van der Waals surface area contributed by atoms with Crippen molar-refractivity contribution < 1.29 is 47.9 Å². The van der Waals surface area contributed by atoms with Crippen molar-refractivity contribution in [3.05, 3.63) is 77.0 Å². The Morgan fingerprint density at radius 3 is 2.65 bits per heavy atom. The van der Waals surface area contributed by atoms with E-state index < -0.39 is 60.7 Å². The molecule has 55 heavy (non-hydrogen) atoms. The number of pyridine rings is 1. The van der Waals surface area contributed by atoms with Gasteiger partial charge in [0.1, 0.15) is 47.2 Å². The molecule has 5 atom stereocenters. The number of amides is 2. The van der Waals surface area contributed by atoms with Crippen LogP contribution in [0.25, 0.3) is 10.9 Å². The van der Waals surface area contributed by atoms with E-state index in [1.165, 1.54) is 47.6 Å². The van der Waals surface area contributed by atoms with Crippen LogP contribution in [0.4, 0.5) is 30.6 Å². The number of aliphatic hydroxyl groups is 3. The van der Waals surface area contributed by atoms with Gasteiger partial charge in [0.05, 0.1) is 53.4 Å². The molecule has 2 aromatic heterocycles. The Morgan fingerprint density at radius 1 is 1.22 bits per heavy atom. The first-order valence-corrected chi connectivity index (χ1v) is 17.3. The first-order chi connectivity index (χ1) is 26.1. The predicted octanol–water partition coefficient (Wildman–Crippen LogP) is 4.51. The van der Waals surface area contributed by atoms with Gasteiger partial charge in [-0.3, -0.25) is 14.7 Å². The molecule has 0 spiro atoms. The van der Waals surface area contributed by atoms with E-state index in [2.05, 4.69) is 32.0 Å². The number of halogens is 3. The minimum atomic E-state index is -2.11. The maximum atomic E-state index is 14.9. The zero-order valence-electron chi connectivity index (χ0n) is 30.1. The summed E-state index contributed by atoms with van der Waals surface area (Å²) in [5.41, 5.74) is 0.833. The number of nitriles is 1. The Morgan fingerprint density at radius 2 is 1.98 bits per heavy atom. The van der Waals surface area contributed by atoms with Crippen molar-refractivity contribution in [1.29, 1.82) is 5.26 Å². The molecule has 0 bridgehead atoms. The number of hydrogen-bond acceptors (Lipinski definition) is 13. The topological polar surface area (TPSA) is 217 Å². The lowest BCUT2D eigenvalue weighted by molar-refractivity contribution is -0.237. The Kier molecular flexibility index (Phi) is 12.8. The summed E-state index contributed by atoms with van der Waals surface area (Å²) >= 11 is 5.97. The fourth-order valence-electron chi connectivity index (χ4n) is 5.50. The summed E-state index contributed by atoms with van der Waals surface area (Å²) in [5.74, 6) is -0.939. The van der Waals surface area contributed by atoms with Gasteiger partial charge in [0.15, 0.2) is 12.4 Å². The van der Waals surface area contributed by atoms with Crippen LogP contribution in [0.5, 0.6) is 5.75 Å². The summed E-state index contributed by atoms with van der Waals surface area (Å²) in [5, 5.41) is 53.4. The molecule has 0 aliphatic carbocycles. The van der Waals surface area contributed by atoms with E-state index >= 15 is 0 Å². The lowest BCUT2D eigenvalue weighted by Crippen LogP contribution is -2.55. The zero-order valence-corrected chi connectivity index (χ0v) is 30.9. The smallest absolute Gasteiger partial charge is 0.410 e. The molecule has 5 rings (SSSR count). The van der Waals surface area contributed by atoms with Crippen molar-refractivity contribution in [3.63, 3.8) is 0 Å². The van der Waals surface area contributed by atoms with Crippen molar-refractivity contribution in [3.8, 4) is 11.8 Å². The molecule has 1 saturated heterocycles. The molecule has 1 aliphatic heterocycles. The molecule has 292 valence electrons. The molecule has 16 nitrogen and oxygen atoms in total. The molecular formula is C36H39ClF2N8O8. The van der Waals surface area contributed by atoms with Gasteiger partial charge in [-0.15, -0.1) is 5.10 Å². The van der Waals surface area contributed by atoms with E-state index in [1.54, 1.807) is 39.8 Å². The monoisotopic (exact) mass is 784 g/mol. The van der Waals surface area contributed by atoms with Gasteiger partial charge in [-0.2, -0.15) is 5.26 Å². The number of fused-ring (bicyclic) bond motifs is 1. The summed E-state index contributed by atoms with van der Waals surface area (Å²) in [6, 6.07) is 9.24. The number of aromatic nitrogens is 4. The van der Waals surface area contributed by atoms with Gasteiger partial charge in [0.2, 0.25) is 5.91 Å². The fourth-order valence-corrected chi connectivity index (χ4v) is 5.68. The van der Waals surface area contributed by atoms with Gasteiger partial charge in [-0.1, -0.05) is 22.9 Å². The van der Waals surface area contributed by atoms with Crippen molar-refractivity contribution in [2.24, 2.45) is 0 Å². The van der Waals surface area contributed by atoms with Gasteiger partial charge >= 0.3 is 6.09 Å². The average Bonchev–Trinajstić information content (AvgIpc) is 3.60. The molecule has 0 saturated carbocycles. The summed E-state index contributed by atoms with van der Waals surface area (Å²) in [6.07, 6.45) is -3.96. The van der Waals surface area contributed by atoms with Crippen molar-refractivity contribution in [2.45, 2.75) is 70.6 Å². The van der Waals surface area contributed by atoms with Crippen molar-refractivity contribution >= 4 is 51.6 Å². The molecule has 3 heterocycles. The Hall–Kier alpha value is -5.45. The van der Waals surface area contributed by atoms with Crippen LogP contribution in [-0.2, 0) is 20.8 Å². The second-order valence-corrected chi connectivity index (χ2v) is 13.7. The van der Waals surface area contributed by atoms with E-state index in [0.29, 0.717) is 22.3 Å². The third-order valence-corrected chi connectivity index (χ3v) is 8.37. The fraction of sp³-hybridized carbons (Fsp3) is 0.389. The molecule has 2 amide bonds. The maximum Gasteiger partial charge on any atom is 0.410 e. The highest BCUT2D eigenvalue weighted by Gasteiger charge is 2.46. The van der Waals surface area contributed by atoms with Crippen LogP contribution in [0.3, 0.4) is 0 Å². The zero-order chi connectivity index (χ0) is 40.0. The number of carbonyl (C=O) groups is 2. The molecule has 4 aromatic rings. The number of rotatable bonds is 12. The van der Waals surface area contributed by atoms with Crippen molar-refractivity contribution in [1.82, 2.24) is 24.9 Å². The van der Waals surface area contributed by atoms with Crippen LogP contribution in [-0.4, -0.2) is 102 Å². The van der Waals surface area contributed by atoms with Crippen LogP contribution < -0.4 is 15.4 Å². The third kappa shape index (κ3) is 9.81. The average molecular weight is 785 g/mol. The van der Waals surface area contributed by atoms with Gasteiger partial charge in [-0.05, 0) is 52.0 Å². The largest absolute Gasteiger partial charge is 0.492 e. The number of ether oxygens (including phenoxy) is 3. The lowest BCUT2D eigenvalue weighted by atomic mass is 9.99.